The van der Waals surface area contributed by atoms with Crippen molar-refractivity contribution in [2.75, 3.05) is 39.4 Å². The highest BCUT2D eigenvalue weighted by Crippen LogP contribution is 2.42. The Morgan fingerprint density at radius 2 is 1.94 bits per heavy atom. The first-order valence-electron chi connectivity index (χ1n) is 10.9. The van der Waals surface area contributed by atoms with E-state index in [2.05, 4.69) is 5.16 Å². The molecule has 2 fully saturated rings. The number of piperidine rings is 1. The van der Waals surface area contributed by atoms with Crippen LogP contribution in [0.15, 0.2) is 39.8 Å². The number of nitrogens with zero attached hydrogens (tertiary/aromatic N) is 4. The van der Waals surface area contributed by atoms with Crippen LogP contribution in [0.1, 0.15) is 36.3 Å². The first-order chi connectivity index (χ1) is 15.1. The molecule has 3 aliphatic rings. The van der Waals surface area contributed by atoms with Crippen LogP contribution in [0, 0.1) is 5.92 Å². The molecule has 0 aromatic carbocycles. The number of hydrogen-bond donors (Lipinski definition) is 0. The third-order valence-corrected chi connectivity index (χ3v) is 6.65. The molecule has 2 bridgehead atoms. The number of ether oxygens (including phenoxy) is 1. The molecule has 5 rings (SSSR count). The van der Waals surface area contributed by atoms with Crippen LogP contribution in [0.25, 0.3) is 0 Å². The number of carbonyl (C=O) groups is 2. The number of likely N-dealkylation sites (tertiary alicyclic amines) is 1. The lowest BCUT2D eigenvalue weighted by Gasteiger charge is -2.47. The van der Waals surface area contributed by atoms with Gasteiger partial charge in [0.1, 0.15) is 11.8 Å². The summed E-state index contributed by atoms with van der Waals surface area (Å²) in [6.07, 6.45) is 3.20. The lowest BCUT2D eigenvalue weighted by molar-refractivity contribution is -0.145. The smallest absolute Gasteiger partial charge is 0.251 e. The second-order valence-electron chi connectivity index (χ2n) is 8.51. The molecule has 164 valence electrons. The molecule has 0 unspecified atom stereocenters. The molecule has 2 amide bonds. The highest BCUT2D eigenvalue weighted by molar-refractivity contribution is 5.82. The molecule has 2 saturated heterocycles. The van der Waals surface area contributed by atoms with E-state index in [0.717, 1.165) is 12.1 Å². The third-order valence-electron chi connectivity index (χ3n) is 6.65. The minimum Gasteiger partial charge on any atom is -0.378 e. The van der Waals surface area contributed by atoms with Crippen molar-refractivity contribution in [2.45, 2.75) is 31.2 Å². The van der Waals surface area contributed by atoms with E-state index in [1.54, 1.807) is 27.8 Å². The number of fused-ring (bicyclic) bond motifs is 4. The van der Waals surface area contributed by atoms with Gasteiger partial charge in [-0.3, -0.25) is 19.0 Å². The molecule has 2 aromatic rings. The van der Waals surface area contributed by atoms with Gasteiger partial charge < -0.3 is 19.1 Å². The Labute approximate surface area is 179 Å². The van der Waals surface area contributed by atoms with Crippen LogP contribution in [-0.2, 0) is 20.7 Å². The van der Waals surface area contributed by atoms with E-state index in [0.29, 0.717) is 58.0 Å². The summed E-state index contributed by atoms with van der Waals surface area (Å²) < 4.78 is 12.2. The van der Waals surface area contributed by atoms with Gasteiger partial charge in [0, 0.05) is 68.7 Å². The average molecular weight is 426 g/mol. The van der Waals surface area contributed by atoms with Crippen molar-refractivity contribution in [1.29, 1.82) is 0 Å². The zero-order valence-corrected chi connectivity index (χ0v) is 17.3. The molecular formula is C22H26N4O5. The summed E-state index contributed by atoms with van der Waals surface area (Å²) in [6.45, 7) is 3.12. The predicted molar refractivity (Wildman–Crippen MR) is 109 cm³/mol. The van der Waals surface area contributed by atoms with Crippen LogP contribution < -0.4 is 5.56 Å². The van der Waals surface area contributed by atoms with Crippen LogP contribution in [0.3, 0.4) is 0 Å². The average Bonchev–Trinajstić information content (AvgIpc) is 3.32. The van der Waals surface area contributed by atoms with Gasteiger partial charge in [-0.25, -0.2) is 0 Å². The Morgan fingerprint density at radius 3 is 2.71 bits per heavy atom. The number of rotatable bonds is 4. The summed E-state index contributed by atoms with van der Waals surface area (Å²) in [7, 11) is 0. The van der Waals surface area contributed by atoms with Gasteiger partial charge in [-0.15, -0.1) is 0 Å². The molecule has 3 aliphatic heterocycles. The Bertz CT molecular complexity index is 1010. The van der Waals surface area contributed by atoms with E-state index in [1.165, 1.54) is 6.07 Å². The van der Waals surface area contributed by atoms with Gasteiger partial charge in [0.15, 0.2) is 0 Å². The monoisotopic (exact) mass is 426 g/mol. The Kier molecular flexibility index (Phi) is 5.35. The predicted octanol–water partition coefficient (Wildman–Crippen LogP) is 0.815. The summed E-state index contributed by atoms with van der Waals surface area (Å²) in [5, 5.41) is 3.68. The SMILES string of the molecule is O=C(CCc1ccno1)N1C[C@H]2C[C@@H](C1)[C@H](C(=O)N1CCOCC1)n1c2cccc1=O. The van der Waals surface area contributed by atoms with E-state index >= 15 is 0 Å². The van der Waals surface area contributed by atoms with Crippen LogP contribution >= 0.6 is 0 Å². The quantitative estimate of drug-likeness (QED) is 0.718. The van der Waals surface area contributed by atoms with Gasteiger partial charge >= 0.3 is 0 Å². The Morgan fingerprint density at radius 1 is 1.10 bits per heavy atom. The van der Waals surface area contributed by atoms with E-state index in [-0.39, 0.29) is 29.2 Å². The van der Waals surface area contributed by atoms with Gasteiger partial charge in [0.2, 0.25) is 11.8 Å². The molecule has 0 spiro atoms. The third kappa shape index (κ3) is 3.78. The molecule has 2 aromatic heterocycles. The maximum absolute atomic E-state index is 13.5. The minimum atomic E-state index is -0.581. The molecule has 0 aliphatic carbocycles. The minimum absolute atomic E-state index is 0.0374. The summed E-state index contributed by atoms with van der Waals surface area (Å²) in [5.74, 6) is 0.641. The lowest BCUT2D eigenvalue weighted by atomic mass is 9.77. The zero-order chi connectivity index (χ0) is 21.4. The fraction of sp³-hybridized carbons (Fsp3) is 0.545. The molecule has 5 heterocycles. The first-order valence-corrected chi connectivity index (χ1v) is 10.9. The number of hydrogen-bond acceptors (Lipinski definition) is 6. The molecule has 0 saturated carbocycles. The molecular weight excluding hydrogens is 400 g/mol. The highest BCUT2D eigenvalue weighted by Gasteiger charge is 2.45. The standard InChI is InChI=1S/C22H26N4O5/c27-19(5-4-17-6-7-23-31-17)25-13-15-12-16(14-25)21(22(29)24-8-10-30-11-9-24)26-18(15)2-1-3-20(26)28/h1-3,6-7,15-16,21H,4-5,8-14H2/t15-,16+,21-/m1/s1. The number of carbonyl (C=O) groups excluding carboxylic acids is 2. The van der Waals surface area contributed by atoms with Crippen molar-refractivity contribution in [3.05, 3.63) is 52.3 Å². The van der Waals surface area contributed by atoms with E-state index in [1.807, 2.05) is 11.0 Å². The van der Waals surface area contributed by atoms with Crippen molar-refractivity contribution in [3.8, 4) is 0 Å². The van der Waals surface area contributed by atoms with Gasteiger partial charge in [-0.1, -0.05) is 11.2 Å². The van der Waals surface area contributed by atoms with Crippen LogP contribution in [-0.4, -0.2) is 70.7 Å². The van der Waals surface area contributed by atoms with Crippen molar-refractivity contribution < 1.29 is 18.8 Å². The number of pyridine rings is 1. The molecule has 3 atom stereocenters. The van der Waals surface area contributed by atoms with Crippen LogP contribution in [0.2, 0.25) is 0 Å². The summed E-state index contributed by atoms with van der Waals surface area (Å²) in [5.41, 5.74) is 0.701. The molecule has 0 radical (unpaired) electrons. The number of aryl methyl sites for hydroxylation is 1. The Balaban J connectivity index is 1.41. The van der Waals surface area contributed by atoms with Gasteiger partial charge in [0.25, 0.3) is 5.56 Å². The fourth-order valence-corrected chi connectivity index (χ4v) is 5.19. The van der Waals surface area contributed by atoms with Crippen LogP contribution in [0.5, 0.6) is 0 Å². The molecule has 0 N–H and O–H groups in total. The maximum atomic E-state index is 13.5. The topological polar surface area (TPSA) is 97.9 Å². The zero-order valence-electron chi connectivity index (χ0n) is 17.3. The van der Waals surface area contributed by atoms with E-state index in [4.69, 9.17) is 9.26 Å². The largest absolute Gasteiger partial charge is 0.378 e. The molecule has 9 nitrogen and oxygen atoms in total. The van der Waals surface area contributed by atoms with Gasteiger partial charge in [0.05, 0.1) is 19.4 Å². The van der Waals surface area contributed by atoms with Crippen molar-refractivity contribution in [1.82, 2.24) is 19.5 Å². The number of morpholine rings is 1. The Hall–Kier alpha value is -2.94. The fourth-order valence-electron chi connectivity index (χ4n) is 5.19. The number of aromatic nitrogens is 2. The summed E-state index contributed by atoms with van der Waals surface area (Å²) in [4.78, 5) is 42.9. The van der Waals surface area contributed by atoms with E-state index in [9.17, 15) is 14.4 Å². The molecule has 9 heteroatoms. The second-order valence-corrected chi connectivity index (χ2v) is 8.51. The summed E-state index contributed by atoms with van der Waals surface area (Å²) >= 11 is 0. The first kappa shape index (κ1) is 20.0. The normalized spacial score (nSPS) is 25.2. The highest BCUT2D eigenvalue weighted by atomic mass is 16.5. The second kappa shape index (κ2) is 8.30. The van der Waals surface area contributed by atoms with Crippen molar-refractivity contribution >= 4 is 11.8 Å². The van der Waals surface area contributed by atoms with Crippen molar-refractivity contribution in [3.63, 3.8) is 0 Å². The van der Waals surface area contributed by atoms with E-state index < -0.39 is 6.04 Å². The van der Waals surface area contributed by atoms with Gasteiger partial charge in [-0.05, 0) is 12.5 Å². The van der Waals surface area contributed by atoms with Crippen molar-refractivity contribution in [2.24, 2.45) is 5.92 Å². The van der Waals surface area contributed by atoms with Crippen LogP contribution in [0.4, 0.5) is 0 Å². The lowest BCUT2D eigenvalue weighted by Crippen LogP contribution is -2.56. The maximum Gasteiger partial charge on any atom is 0.251 e. The molecule has 31 heavy (non-hydrogen) atoms. The summed E-state index contributed by atoms with van der Waals surface area (Å²) in [6, 6.07) is 6.37. The van der Waals surface area contributed by atoms with Gasteiger partial charge in [-0.2, -0.15) is 0 Å². The number of amides is 2.